The van der Waals surface area contributed by atoms with E-state index in [2.05, 4.69) is 31.9 Å². The molecule has 0 bridgehead atoms. The van der Waals surface area contributed by atoms with Crippen LogP contribution in [-0.2, 0) is 0 Å². The quantitative estimate of drug-likeness (QED) is 0.877. The Balaban J connectivity index is 2.01. The van der Waals surface area contributed by atoms with Gasteiger partial charge in [-0.2, -0.15) is 5.10 Å². The standard InChI is InChI=1S/C15H28N6/c1-4-14(6-7-16)20-8-5-9-21(11-10-20)15-17-12(2)13(3)18-19-15/h14H,4-11,16H2,1-3H3. The molecule has 6 nitrogen and oxygen atoms in total. The SMILES string of the molecule is CCC(CCN)N1CCCN(c2nnc(C)c(C)n2)CC1. The summed E-state index contributed by atoms with van der Waals surface area (Å²) >= 11 is 0. The van der Waals surface area contributed by atoms with Crippen LogP contribution in [0.5, 0.6) is 0 Å². The van der Waals surface area contributed by atoms with Gasteiger partial charge in [0.25, 0.3) is 0 Å². The molecule has 118 valence electrons. The van der Waals surface area contributed by atoms with E-state index in [1.807, 2.05) is 13.8 Å². The van der Waals surface area contributed by atoms with Gasteiger partial charge in [-0.25, -0.2) is 4.98 Å². The third kappa shape index (κ3) is 4.11. The van der Waals surface area contributed by atoms with Crippen molar-refractivity contribution in [3.8, 4) is 0 Å². The van der Waals surface area contributed by atoms with E-state index in [4.69, 9.17) is 5.73 Å². The van der Waals surface area contributed by atoms with E-state index in [9.17, 15) is 0 Å². The Morgan fingerprint density at radius 1 is 1.10 bits per heavy atom. The van der Waals surface area contributed by atoms with Crippen LogP contribution in [-0.4, -0.2) is 58.8 Å². The second kappa shape index (κ2) is 7.66. The smallest absolute Gasteiger partial charge is 0.245 e. The lowest BCUT2D eigenvalue weighted by Crippen LogP contribution is -2.39. The molecule has 1 unspecified atom stereocenters. The van der Waals surface area contributed by atoms with Crippen molar-refractivity contribution in [3.05, 3.63) is 11.4 Å². The molecule has 2 heterocycles. The molecule has 0 saturated carbocycles. The summed E-state index contributed by atoms with van der Waals surface area (Å²) in [6, 6.07) is 0.605. The van der Waals surface area contributed by atoms with Crippen molar-refractivity contribution in [2.24, 2.45) is 5.73 Å². The summed E-state index contributed by atoms with van der Waals surface area (Å²) in [6.07, 6.45) is 3.38. The topological polar surface area (TPSA) is 71.2 Å². The van der Waals surface area contributed by atoms with Gasteiger partial charge in [0.1, 0.15) is 0 Å². The molecule has 1 aromatic heterocycles. The lowest BCUT2D eigenvalue weighted by molar-refractivity contribution is 0.196. The summed E-state index contributed by atoms with van der Waals surface area (Å²) < 4.78 is 0. The van der Waals surface area contributed by atoms with Crippen molar-refractivity contribution in [1.82, 2.24) is 20.1 Å². The molecule has 0 aliphatic carbocycles. The fourth-order valence-corrected chi connectivity index (χ4v) is 2.92. The summed E-state index contributed by atoms with van der Waals surface area (Å²) in [6.45, 7) is 11.1. The van der Waals surface area contributed by atoms with E-state index in [-0.39, 0.29) is 0 Å². The van der Waals surface area contributed by atoms with E-state index in [0.29, 0.717) is 6.04 Å². The van der Waals surface area contributed by atoms with Gasteiger partial charge in [-0.1, -0.05) is 6.92 Å². The van der Waals surface area contributed by atoms with Crippen LogP contribution in [0.2, 0.25) is 0 Å². The maximum Gasteiger partial charge on any atom is 0.245 e. The molecule has 1 atom stereocenters. The summed E-state index contributed by atoms with van der Waals surface area (Å²) in [4.78, 5) is 9.41. The fraction of sp³-hybridized carbons (Fsp3) is 0.800. The number of aryl methyl sites for hydroxylation is 2. The molecule has 6 heteroatoms. The number of anilines is 1. The first-order valence-electron chi connectivity index (χ1n) is 8.02. The highest BCUT2D eigenvalue weighted by atomic mass is 15.3. The largest absolute Gasteiger partial charge is 0.338 e. The number of rotatable bonds is 5. The van der Waals surface area contributed by atoms with E-state index in [1.165, 1.54) is 6.42 Å². The van der Waals surface area contributed by atoms with Crippen LogP contribution in [0.15, 0.2) is 0 Å². The van der Waals surface area contributed by atoms with Crippen LogP contribution in [0.3, 0.4) is 0 Å². The van der Waals surface area contributed by atoms with Crippen molar-refractivity contribution >= 4 is 5.95 Å². The van der Waals surface area contributed by atoms with E-state index < -0.39 is 0 Å². The molecule has 0 amide bonds. The average molecular weight is 292 g/mol. The molecule has 2 rings (SSSR count). The van der Waals surface area contributed by atoms with Crippen molar-refractivity contribution in [3.63, 3.8) is 0 Å². The zero-order chi connectivity index (χ0) is 15.2. The Kier molecular flexibility index (Phi) is 5.87. The third-order valence-electron chi connectivity index (χ3n) is 4.38. The molecular weight excluding hydrogens is 264 g/mol. The maximum atomic E-state index is 5.73. The molecule has 1 aliphatic heterocycles. The van der Waals surface area contributed by atoms with Gasteiger partial charge in [0, 0.05) is 32.2 Å². The van der Waals surface area contributed by atoms with Gasteiger partial charge < -0.3 is 10.6 Å². The van der Waals surface area contributed by atoms with Gasteiger partial charge in [0.2, 0.25) is 5.95 Å². The molecule has 2 N–H and O–H groups in total. The Morgan fingerprint density at radius 2 is 1.90 bits per heavy atom. The zero-order valence-corrected chi connectivity index (χ0v) is 13.5. The molecule has 1 aromatic rings. The minimum absolute atomic E-state index is 0.605. The van der Waals surface area contributed by atoms with Crippen molar-refractivity contribution < 1.29 is 0 Å². The van der Waals surface area contributed by atoms with E-state index in [0.717, 1.165) is 62.9 Å². The van der Waals surface area contributed by atoms with Crippen LogP contribution in [0.4, 0.5) is 5.95 Å². The molecule has 1 aliphatic rings. The highest BCUT2D eigenvalue weighted by Gasteiger charge is 2.22. The molecule has 0 radical (unpaired) electrons. The molecule has 0 spiro atoms. The first-order valence-corrected chi connectivity index (χ1v) is 8.02. The number of nitrogens with zero attached hydrogens (tertiary/aromatic N) is 5. The van der Waals surface area contributed by atoms with Gasteiger partial charge in [0.15, 0.2) is 0 Å². The normalized spacial score (nSPS) is 18.6. The highest BCUT2D eigenvalue weighted by Crippen LogP contribution is 2.15. The number of aromatic nitrogens is 3. The van der Waals surface area contributed by atoms with Gasteiger partial charge in [-0.15, -0.1) is 5.10 Å². The fourth-order valence-electron chi connectivity index (χ4n) is 2.92. The lowest BCUT2D eigenvalue weighted by atomic mass is 10.1. The lowest BCUT2D eigenvalue weighted by Gasteiger charge is -2.29. The summed E-state index contributed by atoms with van der Waals surface area (Å²) in [5.41, 5.74) is 7.61. The van der Waals surface area contributed by atoms with E-state index in [1.54, 1.807) is 0 Å². The molecule has 21 heavy (non-hydrogen) atoms. The second-order valence-corrected chi connectivity index (χ2v) is 5.80. The van der Waals surface area contributed by atoms with Crippen molar-refractivity contribution in [1.29, 1.82) is 0 Å². The maximum absolute atomic E-state index is 5.73. The number of nitrogens with two attached hydrogens (primary N) is 1. The predicted molar refractivity (Wildman–Crippen MR) is 85.5 cm³/mol. The highest BCUT2D eigenvalue weighted by molar-refractivity contribution is 5.30. The van der Waals surface area contributed by atoms with Crippen molar-refractivity contribution in [2.75, 3.05) is 37.6 Å². The third-order valence-corrected chi connectivity index (χ3v) is 4.38. The van der Waals surface area contributed by atoms with Gasteiger partial charge in [0.05, 0.1) is 11.4 Å². The Hall–Kier alpha value is -1.27. The first kappa shape index (κ1) is 16.1. The van der Waals surface area contributed by atoms with Gasteiger partial charge in [-0.05, 0) is 39.7 Å². The Morgan fingerprint density at radius 3 is 2.57 bits per heavy atom. The van der Waals surface area contributed by atoms with Crippen LogP contribution in [0.25, 0.3) is 0 Å². The Bertz CT molecular complexity index is 450. The van der Waals surface area contributed by atoms with Crippen LogP contribution < -0.4 is 10.6 Å². The molecule has 0 aromatic carbocycles. The minimum atomic E-state index is 0.605. The van der Waals surface area contributed by atoms with Crippen LogP contribution in [0.1, 0.15) is 37.6 Å². The average Bonchev–Trinajstić information content (AvgIpc) is 2.73. The van der Waals surface area contributed by atoms with Crippen molar-refractivity contribution in [2.45, 2.75) is 46.1 Å². The minimum Gasteiger partial charge on any atom is -0.338 e. The molecule has 1 saturated heterocycles. The summed E-state index contributed by atoms with van der Waals surface area (Å²) in [5.74, 6) is 0.770. The Labute approximate surface area is 127 Å². The number of hydrogen-bond acceptors (Lipinski definition) is 6. The van der Waals surface area contributed by atoms with E-state index >= 15 is 0 Å². The van der Waals surface area contributed by atoms with Crippen LogP contribution in [0, 0.1) is 13.8 Å². The monoisotopic (exact) mass is 292 g/mol. The second-order valence-electron chi connectivity index (χ2n) is 5.80. The van der Waals surface area contributed by atoms with Crippen LogP contribution >= 0.6 is 0 Å². The summed E-state index contributed by atoms with van der Waals surface area (Å²) in [5, 5.41) is 8.46. The van der Waals surface area contributed by atoms with Gasteiger partial charge in [-0.3, -0.25) is 4.90 Å². The summed E-state index contributed by atoms with van der Waals surface area (Å²) in [7, 11) is 0. The zero-order valence-electron chi connectivity index (χ0n) is 13.5. The molecular formula is C15H28N6. The molecule has 1 fully saturated rings. The number of hydrogen-bond donors (Lipinski definition) is 1. The van der Waals surface area contributed by atoms with Gasteiger partial charge >= 0.3 is 0 Å². The first-order chi connectivity index (χ1) is 10.2. The predicted octanol–water partition coefficient (Wildman–Crippen LogP) is 1.13.